The zero-order valence-electron chi connectivity index (χ0n) is 22.4. The Morgan fingerprint density at radius 2 is 1.61 bits per heavy atom. The normalized spacial score (nSPS) is 13.2. The molecule has 0 spiro atoms. The van der Waals surface area contributed by atoms with Gasteiger partial charge in [0.1, 0.15) is 5.58 Å². The lowest BCUT2D eigenvalue weighted by Crippen LogP contribution is -2.21. The van der Waals surface area contributed by atoms with Crippen molar-refractivity contribution in [2.24, 2.45) is 0 Å². The summed E-state index contributed by atoms with van der Waals surface area (Å²) in [5, 5.41) is 28.9. The van der Waals surface area contributed by atoms with Crippen molar-refractivity contribution in [1.82, 2.24) is 0 Å². The lowest BCUT2D eigenvalue weighted by molar-refractivity contribution is -0.137. The molecule has 0 unspecified atom stereocenters. The molecule has 0 aliphatic heterocycles. The third-order valence-corrected chi connectivity index (χ3v) is 7.77. The van der Waals surface area contributed by atoms with Crippen molar-refractivity contribution in [2.45, 2.75) is 113 Å². The first-order valence-electron chi connectivity index (χ1n) is 13.9. The fourth-order valence-corrected chi connectivity index (χ4v) is 5.44. The molecule has 7 nitrogen and oxygen atoms in total. The van der Waals surface area contributed by atoms with Crippen LogP contribution in [0, 0.1) is 0 Å². The number of carboxylic acids is 2. The van der Waals surface area contributed by atoms with Gasteiger partial charge in [0.25, 0.3) is 0 Å². The molecular formula is C30H42O7S. The molecule has 0 aliphatic rings. The minimum absolute atomic E-state index is 0.00411. The highest BCUT2D eigenvalue weighted by Crippen LogP contribution is 2.31. The molecule has 2 atom stereocenters. The van der Waals surface area contributed by atoms with E-state index >= 15 is 0 Å². The summed E-state index contributed by atoms with van der Waals surface area (Å²) in [7, 11) is 0. The Morgan fingerprint density at radius 3 is 2.24 bits per heavy atom. The Balaban J connectivity index is 1.95. The van der Waals surface area contributed by atoms with E-state index in [1.165, 1.54) is 69.5 Å². The molecule has 0 saturated heterocycles. The summed E-state index contributed by atoms with van der Waals surface area (Å²) in [5.74, 6) is -2.63. The predicted molar refractivity (Wildman–Crippen MR) is 152 cm³/mol. The number of carbonyl (C=O) groups is 2. The van der Waals surface area contributed by atoms with Gasteiger partial charge in [-0.2, -0.15) is 0 Å². The van der Waals surface area contributed by atoms with E-state index in [1.54, 1.807) is 18.2 Å². The van der Waals surface area contributed by atoms with Gasteiger partial charge in [-0.15, -0.1) is 11.8 Å². The summed E-state index contributed by atoms with van der Waals surface area (Å²) in [6, 6.07) is 5.91. The topological polar surface area (TPSA) is 125 Å². The van der Waals surface area contributed by atoms with Crippen LogP contribution in [0.5, 0.6) is 0 Å². The summed E-state index contributed by atoms with van der Waals surface area (Å²) in [6.45, 7) is 2.23. The maximum absolute atomic E-state index is 12.2. The molecule has 0 bridgehead atoms. The highest BCUT2D eigenvalue weighted by atomic mass is 32.2. The van der Waals surface area contributed by atoms with Crippen molar-refractivity contribution in [3.8, 4) is 0 Å². The number of carboxylic acid groups (broad SMARTS) is 2. The molecule has 3 N–H and O–H groups in total. The van der Waals surface area contributed by atoms with E-state index in [4.69, 9.17) is 9.52 Å². The number of allylic oxidation sites excluding steroid dienone is 1. The standard InChI is InChI=1S/C30H42O7S/c1-2-3-4-5-6-7-8-9-10-11-12-13-16-28(24(31)15-14-17-29(33)34)38-22-18-19-23-25(32)21-27(30(35)36)37-26(23)20-22/h13,16,18-21,24,28,31H,2-12,14-15,17H2,1H3,(H,33,34)(H,35,36)/b16-13-/t24-,28+/m0/s1. The Hall–Kier alpha value is -2.58. The van der Waals surface area contributed by atoms with Gasteiger partial charge in [-0.05, 0) is 43.9 Å². The van der Waals surface area contributed by atoms with Gasteiger partial charge in [0, 0.05) is 17.4 Å². The van der Waals surface area contributed by atoms with E-state index < -0.39 is 29.2 Å². The highest BCUT2D eigenvalue weighted by Gasteiger charge is 2.19. The molecule has 1 aromatic carbocycles. The minimum Gasteiger partial charge on any atom is -0.481 e. The summed E-state index contributed by atoms with van der Waals surface area (Å²) >= 11 is 1.38. The molecule has 0 fully saturated rings. The number of rotatable bonds is 20. The second kappa shape index (κ2) is 17.8. The fourth-order valence-electron chi connectivity index (χ4n) is 4.32. The predicted octanol–water partition coefficient (Wildman–Crippen LogP) is 7.43. The van der Waals surface area contributed by atoms with Gasteiger partial charge in [-0.3, -0.25) is 9.59 Å². The molecule has 1 aromatic heterocycles. The van der Waals surface area contributed by atoms with E-state index in [9.17, 15) is 24.6 Å². The number of aliphatic carboxylic acids is 1. The van der Waals surface area contributed by atoms with Gasteiger partial charge in [-0.25, -0.2) is 4.79 Å². The Kier molecular flexibility index (Phi) is 14.9. The van der Waals surface area contributed by atoms with Crippen LogP contribution in [-0.4, -0.2) is 38.6 Å². The van der Waals surface area contributed by atoms with Gasteiger partial charge < -0.3 is 19.7 Å². The molecular weight excluding hydrogens is 504 g/mol. The van der Waals surface area contributed by atoms with Crippen LogP contribution in [0.3, 0.4) is 0 Å². The van der Waals surface area contributed by atoms with Crippen molar-refractivity contribution in [3.05, 3.63) is 52.4 Å². The van der Waals surface area contributed by atoms with Crippen molar-refractivity contribution in [2.75, 3.05) is 0 Å². The van der Waals surface area contributed by atoms with E-state index in [2.05, 4.69) is 13.0 Å². The quantitative estimate of drug-likeness (QED) is 0.0889. The number of hydrogen-bond donors (Lipinski definition) is 3. The third-order valence-electron chi connectivity index (χ3n) is 6.50. The van der Waals surface area contributed by atoms with E-state index in [-0.39, 0.29) is 22.6 Å². The summed E-state index contributed by atoms with van der Waals surface area (Å²) in [6.07, 6.45) is 17.6. The average Bonchev–Trinajstić information content (AvgIpc) is 2.88. The first kappa shape index (κ1) is 31.6. The van der Waals surface area contributed by atoms with Gasteiger partial charge >= 0.3 is 11.9 Å². The van der Waals surface area contributed by atoms with Crippen LogP contribution < -0.4 is 5.43 Å². The van der Waals surface area contributed by atoms with Crippen LogP contribution in [0.4, 0.5) is 0 Å². The zero-order chi connectivity index (χ0) is 27.8. The van der Waals surface area contributed by atoms with Crippen LogP contribution in [0.25, 0.3) is 11.0 Å². The number of thioether (sulfide) groups is 1. The second-order valence-corrected chi connectivity index (χ2v) is 11.0. The maximum atomic E-state index is 12.2. The van der Waals surface area contributed by atoms with Crippen LogP contribution >= 0.6 is 11.8 Å². The average molecular weight is 547 g/mol. The van der Waals surface area contributed by atoms with E-state index in [0.29, 0.717) is 17.7 Å². The molecule has 0 aliphatic carbocycles. The largest absolute Gasteiger partial charge is 0.481 e. The van der Waals surface area contributed by atoms with Crippen molar-refractivity contribution in [1.29, 1.82) is 0 Å². The molecule has 0 saturated carbocycles. The number of unbranched alkanes of at least 4 members (excludes halogenated alkanes) is 10. The molecule has 1 heterocycles. The molecule has 0 amide bonds. The second-order valence-electron chi connectivity index (χ2n) is 9.77. The molecule has 210 valence electrons. The lowest BCUT2D eigenvalue weighted by Gasteiger charge is -2.19. The maximum Gasteiger partial charge on any atom is 0.371 e. The Bertz CT molecular complexity index is 1090. The highest BCUT2D eigenvalue weighted by molar-refractivity contribution is 8.00. The van der Waals surface area contributed by atoms with Gasteiger partial charge in [0.2, 0.25) is 5.76 Å². The third kappa shape index (κ3) is 11.9. The van der Waals surface area contributed by atoms with Crippen molar-refractivity contribution < 1.29 is 29.3 Å². The number of aromatic carboxylic acids is 1. The Morgan fingerprint density at radius 1 is 0.947 bits per heavy atom. The van der Waals surface area contributed by atoms with Crippen LogP contribution in [0.15, 0.2) is 50.5 Å². The lowest BCUT2D eigenvalue weighted by atomic mass is 10.1. The van der Waals surface area contributed by atoms with E-state index in [0.717, 1.165) is 18.9 Å². The van der Waals surface area contributed by atoms with Crippen molar-refractivity contribution >= 4 is 34.7 Å². The van der Waals surface area contributed by atoms with Gasteiger partial charge in [-0.1, -0.05) is 76.9 Å². The van der Waals surface area contributed by atoms with E-state index in [1.807, 2.05) is 6.08 Å². The van der Waals surface area contributed by atoms with Gasteiger partial charge in [0.05, 0.1) is 16.7 Å². The molecule has 0 radical (unpaired) electrons. The number of benzene rings is 1. The molecule has 38 heavy (non-hydrogen) atoms. The number of aliphatic hydroxyl groups is 1. The SMILES string of the molecule is CCCCCCCCCCCC/C=C\[C@@H](Sc1ccc2c(=O)cc(C(=O)O)oc2c1)[C@@H](O)CCCC(=O)O. The zero-order valence-corrected chi connectivity index (χ0v) is 23.2. The summed E-state index contributed by atoms with van der Waals surface area (Å²) < 4.78 is 5.40. The smallest absolute Gasteiger partial charge is 0.371 e. The van der Waals surface area contributed by atoms with Crippen LogP contribution in [0.2, 0.25) is 0 Å². The number of fused-ring (bicyclic) bond motifs is 1. The summed E-state index contributed by atoms with van der Waals surface area (Å²) in [4.78, 5) is 35.1. The molecule has 8 heteroatoms. The van der Waals surface area contributed by atoms with Gasteiger partial charge in [0.15, 0.2) is 5.43 Å². The first-order valence-corrected chi connectivity index (χ1v) is 14.7. The minimum atomic E-state index is -1.32. The Labute approximate surface area is 229 Å². The first-order chi connectivity index (χ1) is 18.3. The monoisotopic (exact) mass is 546 g/mol. The molecule has 2 rings (SSSR count). The fraction of sp³-hybridized carbons (Fsp3) is 0.567. The summed E-state index contributed by atoms with van der Waals surface area (Å²) in [5.41, 5.74) is -0.254. The van der Waals surface area contributed by atoms with Crippen molar-refractivity contribution in [3.63, 3.8) is 0 Å². The van der Waals surface area contributed by atoms with Crippen LogP contribution in [0.1, 0.15) is 107 Å². The molecule has 2 aromatic rings. The number of aliphatic hydroxyl groups excluding tert-OH is 1. The van der Waals surface area contributed by atoms with Crippen LogP contribution in [-0.2, 0) is 4.79 Å². The number of hydrogen-bond acceptors (Lipinski definition) is 6.